The Morgan fingerprint density at radius 3 is 2.19 bits per heavy atom. The van der Waals surface area contributed by atoms with Crippen LogP contribution in [0.3, 0.4) is 0 Å². The fourth-order valence-corrected chi connectivity index (χ4v) is 2.06. The lowest BCUT2D eigenvalue weighted by Crippen LogP contribution is -2.37. The Hall–Kier alpha value is -1.51. The second-order valence-corrected chi connectivity index (χ2v) is 7.08. The topological polar surface area (TPSA) is 66.0 Å². The molecule has 1 amide bonds. The number of aliphatic imine (C=N–C) groups is 1. The summed E-state index contributed by atoms with van der Waals surface area (Å²) >= 11 is 0. The molecule has 1 aromatic carbocycles. The van der Waals surface area contributed by atoms with Crippen molar-refractivity contribution >= 4 is 36.0 Å². The lowest BCUT2D eigenvalue weighted by atomic mass is 10.2. The molecular formula is C19H33IN4O2. The van der Waals surface area contributed by atoms with Gasteiger partial charge in [0.2, 0.25) is 0 Å². The van der Waals surface area contributed by atoms with E-state index in [2.05, 4.69) is 27.8 Å². The molecule has 0 saturated carbocycles. The first-order valence-electron chi connectivity index (χ1n) is 8.74. The SMILES string of the molecule is CN(C)C(=NCc1ccccc1)NCCCCNC(=O)OC(C)(C)C.I. The van der Waals surface area contributed by atoms with Crippen LogP contribution in [0.1, 0.15) is 39.2 Å². The predicted octanol–water partition coefficient (Wildman–Crippen LogP) is 3.62. The van der Waals surface area contributed by atoms with Crippen LogP contribution in [0.2, 0.25) is 0 Å². The first-order chi connectivity index (χ1) is 11.8. The average molecular weight is 476 g/mol. The van der Waals surface area contributed by atoms with Crippen molar-refractivity contribution in [3.8, 4) is 0 Å². The minimum absolute atomic E-state index is 0. The van der Waals surface area contributed by atoms with Crippen molar-refractivity contribution in [3.63, 3.8) is 0 Å². The third-order valence-corrected chi connectivity index (χ3v) is 3.23. The normalized spacial score (nSPS) is 11.3. The average Bonchev–Trinajstić information content (AvgIpc) is 2.52. The summed E-state index contributed by atoms with van der Waals surface area (Å²) in [7, 11) is 3.95. The molecule has 0 radical (unpaired) electrons. The number of carbonyl (C=O) groups is 1. The van der Waals surface area contributed by atoms with Crippen molar-refractivity contribution in [2.24, 2.45) is 4.99 Å². The number of hydrogen-bond donors (Lipinski definition) is 2. The quantitative estimate of drug-likeness (QED) is 0.273. The molecule has 0 unspecified atom stereocenters. The first-order valence-corrected chi connectivity index (χ1v) is 8.74. The standard InChI is InChI=1S/C19H32N4O2.HI/c1-19(2,3)25-18(24)21-14-10-9-13-20-17(23(4)5)22-15-16-11-7-6-8-12-16;/h6-8,11-12H,9-10,13-15H2,1-5H3,(H,20,22)(H,21,24);1H. The van der Waals surface area contributed by atoms with Crippen molar-refractivity contribution in [1.82, 2.24) is 15.5 Å². The molecule has 26 heavy (non-hydrogen) atoms. The Labute approximate surface area is 174 Å². The molecular weight excluding hydrogens is 443 g/mol. The molecule has 7 heteroatoms. The molecule has 0 spiro atoms. The molecule has 2 N–H and O–H groups in total. The maximum atomic E-state index is 11.5. The van der Waals surface area contributed by atoms with E-state index >= 15 is 0 Å². The summed E-state index contributed by atoms with van der Waals surface area (Å²) in [6.45, 7) is 7.63. The molecule has 0 atom stereocenters. The smallest absolute Gasteiger partial charge is 0.407 e. The largest absolute Gasteiger partial charge is 0.444 e. The van der Waals surface area contributed by atoms with Gasteiger partial charge >= 0.3 is 6.09 Å². The number of alkyl carbamates (subject to hydrolysis) is 1. The van der Waals surface area contributed by atoms with Crippen LogP contribution in [0.15, 0.2) is 35.3 Å². The summed E-state index contributed by atoms with van der Waals surface area (Å²) in [5.74, 6) is 0.865. The highest BCUT2D eigenvalue weighted by atomic mass is 127. The molecule has 0 aliphatic carbocycles. The van der Waals surface area contributed by atoms with Gasteiger partial charge in [0, 0.05) is 27.2 Å². The number of guanidine groups is 1. The van der Waals surface area contributed by atoms with E-state index in [1.165, 1.54) is 5.56 Å². The number of rotatable bonds is 7. The Morgan fingerprint density at radius 1 is 1.08 bits per heavy atom. The summed E-state index contributed by atoms with van der Waals surface area (Å²) in [5, 5.41) is 6.11. The van der Waals surface area contributed by atoms with E-state index in [0.717, 1.165) is 25.3 Å². The Kier molecular flexibility index (Phi) is 12.0. The van der Waals surface area contributed by atoms with Crippen molar-refractivity contribution < 1.29 is 9.53 Å². The molecule has 1 aromatic rings. The summed E-state index contributed by atoms with van der Waals surface area (Å²) in [6, 6.07) is 10.2. The third-order valence-electron chi connectivity index (χ3n) is 3.23. The molecule has 0 heterocycles. The Morgan fingerprint density at radius 2 is 1.65 bits per heavy atom. The van der Waals surface area contributed by atoms with E-state index in [1.54, 1.807) is 0 Å². The zero-order valence-electron chi connectivity index (χ0n) is 16.5. The zero-order chi connectivity index (χ0) is 18.7. The number of nitrogens with one attached hydrogen (secondary N) is 2. The molecule has 0 saturated heterocycles. The summed E-state index contributed by atoms with van der Waals surface area (Å²) < 4.78 is 5.20. The number of hydrogen-bond acceptors (Lipinski definition) is 3. The fourth-order valence-electron chi connectivity index (χ4n) is 2.06. The van der Waals surface area contributed by atoms with Crippen LogP contribution in [0.5, 0.6) is 0 Å². The van der Waals surface area contributed by atoms with Gasteiger partial charge in [0.05, 0.1) is 6.54 Å². The van der Waals surface area contributed by atoms with Crippen LogP contribution in [-0.2, 0) is 11.3 Å². The lowest BCUT2D eigenvalue weighted by molar-refractivity contribution is 0.0527. The summed E-state index contributed by atoms with van der Waals surface area (Å²) in [6.07, 6.45) is 1.46. The lowest BCUT2D eigenvalue weighted by Gasteiger charge is -2.20. The molecule has 0 aliphatic rings. The van der Waals surface area contributed by atoms with Crippen molar-refractivity contribution in [2.75, 3.05) is 27.2 Å². The number of amides is 1. The minimum atomic E-state index is -0.457. The van der Waals surface area contributed by atoms with E-state index in [1.807, 2.05) is 58.0 Å². The van der Waals surface area contributed by atoms with Crippen LogP contribution in [0.25, 0.3) is 0 Å². The third kappa shape index (κ3) is 11.9. The van der Waals surface area contributed by atoms with Gasteiger partial charge in [0.15, 0.2) is 5.96 Å². The van der Waals surface area contributed by atoms with Gasteiger partial charge < -0.3 is 20.3 Å². The Balaban J connectivity index is 0.00000625. The molecule has 1 rings (SSSR count). The highest BCUT2D eigenvalue weighted by molar-refractivity contribution is 14.0. The molecule has 0 aromatic heterocycles. The fraction of sp³-hybridized carbons (Fsp3) is 0.579. The van der Waals surface area contributed by atoms with Gasteiger partial charge in [-0.15, -0.1) is 24.0 Å². The number of unbranched alkanes of at least 4 members (excludes halogenated alkanes) is 1. The van der Waals surface area contributed by atoms with Gasteiger partial charge in [0.1, 0.15) is 5.60 Å². The second kappa shape index (κ2) is 12.8. The van der Waals surface area contributed by atoms with Crippen LogP contribution >= 0.6 is 24.0 Å². The summed E-state index contributed by atoms with van der Waals surface area (Å²) in [4.78, 5) is 18.1. The van der Waals surface area contributed by atoms with Crippen LogP contribution in [0, 0.1) is 0 Å². The van der Waals surface area contributed by atoms with Crippen LogP contribution < -0.4 is 10.6 Å². The van der Waals surface area contributed by atoms with E-state index < -0.39 is 5.60 Å². The maximum absolute atomic E-state index is 11.5. The van der Waals surface area contributed by atoms with Gasteiger partial charge in [0.25, 0.3) is 0 Å². The summed E-state index contributed by atoms with van der Waals surface area (Å²) in [5.41, 5.74) is 0.729. The highest BCUT2D eigenvalue weighted by Gasteiger charge is 2.15. The Bertz CT molecular complexity index is 542. The first kappa shape index (κ1) is 24.5. The van der Waals surface area contributed by atoms with E-state index in [4.69, 9.17) is 4.74 Å². The monoisotopic (exact) mass is 476 g/mol. The number of halogens is 1. The van der Waals surface area contributed by atoms with E-state index in [0.29, 0.717) is 13.1 Å². The van der Waals surface area contributed by atoms with Crippen molar-refractivity contribution in [2.45, 2.75) is 45.8 Å². The predicted molar refractivity (Wildman–Crippen MR) is 118 cm³/mol. The zero-order valence-corrected chi connectivity index (χ0v) is 18.9. The number of benzene rings is 1. The number of carbonyl (C=O) groups excluding carboxylic acids is 1. The van der Waals surface area contributed by atoms with Crippen LogP contribution in [0.4, 0.5) is 4.79 Å². The number of nitrogens with zero attached hydrogens (tertiary/aromatic N) is 2. The molecule has 6 nitrogen and oxygen atoms in total. The number of ether oxygens (including phenoxy) is 1. The van der Waals surface area contributed by atoms with Crippen molar-refractivity contribution in [1.29, 1.82) is 0 Å². The highest BCUT2D eigenvalue weighted by Crippen LogP contribution is 2.06. The maximum Gasteiger partial charge on any atom is 0.407 e. The van der Waals surface area contributed by atoms with Gasteiger partial charge in [-0.3, -0.25) is 0 Å². The van der Waals surface area contributed by atoms with Crippen LogP contribution in [-0.4, -0.2) is 49.7 Å². The molecule has 0 bridgehead atoms. The molecule has 148 valence electrons. The molecule has 0 fully saturated rings. The van der Waals surface area contributed by atoms with Gasteiger partial charge in [-0.2, -0.15) is 0 Å². The molecule has 0 aliphatic heterocycles. The van der Waals surface area contributed by atoms with E-state index in [-0.39, 0.29) is 30.1 Å². The second-order valence-electron chi connectivity index (χ2n) is 7.08. The minimum Gasteiger partial charge on any atom is -0.444 e. The van der Waals surface area contributed by atoms with Gasteiger partial charge in [-0.25, -0.2) is 9.79 Å². The van der Waals surface area contributed by atoms with Crippen molar-refractivity contribution in [3.05, 3.63) is 35.9 Å². The van der Waals surface area contributed by atoms with Gasteiger partial charge in [-0.1, -0.05) is 30.3 Å². The van der Waals surface area contributed by atoms with Gasteiger partial charge in [-0.05, 0) is 39.2 Å². The van der Waals surface area contributed by atoms with E-state index in [9.17, 15) is 4.79 Å².